The maximum atomic E-state index is 11.9. The summed E-state index contributed by atoms with van der Waals surface area (Å²) in [7, 11) is 0. The number of amides is 1. The van der Waals surface area contributed by atoms with E-state index in [4.69, 9.17) is 15.2 Å². The van der Waals surface area contributed by atoms with Gasteiger partial charge in [0.1, 0.15) is 18.9 Å². The van der Waals surface area contributed by atoms with E-state index in [1.165, 1.54) is 0 Å². The minimum absolute atomic E-state index is 0.173. The Balaban J connectivity index is 1.61. The molecular weight excluding hydrogens is 320 g/mol. The predicted molar refractivity (Wildman–Crippen MR) is 93.8 cm³/mol. The molecule has 25 heavy (non-hydrogen) atoms. The topological polar surface area (TPSA) is 90.6 Å². The summed E-state index contributed by atoms with van der Waals surface area (Å²) in [5.41, 5.74) is 6.67. The summed E-state index contributed by atoms with van der Waals surface area (Å²) in [6, 6.07) is 17.9. The van der Waals surface area contributed by atoms with Gasteiger partial charge in [-0.1, -0.05) is 48.5 Å². The zero-order valence-corrected chi connectivity index (χ0v) is 13.9. The first kappa shape index (κ1) is 18.5. The van der Waals surface area contributed by atoms with Gasteiger partial charge in [0.05, 0.1) is 12.6 Å². The highest BCUT2D eigenvalue weighted by Crippen LogP contribution is 2.08. The standard InChI is InChI=1S/C19H22N2O4/c20-17(11-12-24-16-9-5-2-6-10-16)19(23)21-13-18(22)25-14-15-7-3-1-4-8-15/h1-10,17H,11-14,20H2,(H,21,23)/t17-/m0/s1. The van der Waals surface area contributed by atoms with E-state index in [1.807, 2.05) is 60.7 Å². The molecule has 0 spiro atoms. The molecule has 132 valence electrons. The molecular formula is C19H22N2O4. The van der Waals surface area contributed by atoms with E-state index in [1.54, 1.807) is 0 Å². The van der Waals surface area contributed by atoms with Crippen LogP contribution in [0.15, 0.2) is 60.7 Å². The number of carbonyl (C=O) groups is 2. The van der Waals surface area contributed by atoms with Crippen molar-refractivity contribution in [3.05, 3.63) is 66.2 Å². The molecule has 0 saturated carbocycles. The Labute approximate surface area is 146 Å². The highest BCUT2D eigenvalue weighted by molar-refractivity contribution is 5.85. The van der Waals surface area contributed by atoms with E-state index in [9.17, 15) is 9.59 Å². The van der Waals surface area contributed by atoms with Gasteiger partial charge in [0, 0.05) is 6.42 Å². The number of benzene rings is 2. The Kier molecular flexibility index (Phi) is 7.46. The number of esters is 1. The minimum atomic E-state index is -0.745. The summed E-state index contributed by atoms with van der Waals surface area (Å²) in [6.45, 7) is 0.280. The third kappa shape index (κ3) is 7.05. The first-order chi connectivity index (χ1) is 12.1. The number of nitrogens with one attached hydrogen (secondary N) is 1. The van der Waals surface area contributed by atoms with Crippen LogP contribution in [0.3, 0.4) is 0 Å². The second-order valence-electron chi connectivity index (χ2n) is 5.42. The van der Waals surface area contributed by atoms with Crippen molar-refractivity contribution in [2.24, 2.45) is 5.73 Å². The molecule has 2 rings (SSSR count). The Morgan fingerprint density at radius 3 is 2.32 bits per heavy atom. The largest absolute Gasteiger partial charge is 0.494 e. The predicted octanol–water partition coefficient (Wildman–Crippen LogP) is 1.64. The number of ether oxygens (including phenoxy) is 2. The first-order valence-electron chi connectivity index (χ1n) is 8.06. The fourth-order valence-corrected chi connectivity index (χ4v) is 2.03. The van der Waals surface area contributed by atoms with Gasteiger partial charge in [-0.05, 0) is 17.7 Å². The zero-order chi connectivity index (χ0) is 17.9. The molecule has 0 heterocycles. The molecule has 2 aromatic rings. The summed E-state index contributed by atoms with van der Waals surface area (Å²) in [5.74, 6) is -0.196. The molecule has 0 bridgehead atoms. The quantitative estimate of drug-likeness (QED) is 0.676. The molecule has 0 fully saturated rings. The average molecular weight is 342 g/mol. The number of carbonyl (C=O) groups excluding carboxylic acids is 2. The van der Waals surface area contributed by atoms with Gasteiger partial charge in [0.25, 0.3) is 0 Å². The SMILES string of the molecule is N[C@@H](CCOc1ccccc1)C(=O)NCC(=O)OCc1ccccc1. The van der Waals surface area contributed by atoms with E-state index >= 15 is 0 Å². The van der Waals surface area contributed by atoms with E-state index in [2.05, 4.69) is 5.32 Å². The molecule has 6 heteroatoms. The average Bonchev–Trinajstić information content (AvgIpc) is 2.66. The maximum Gasteiger partial charge on any atom is 0.325 e. The lowest BCUT2D eigenvalue weighted by atomic mass is 10.2. The Morgan fingerprint density at radius 1 is 1.00 bits per heavy atom. The zero-order valence-electron chi connectivity index (χ0n) is 13.9. The van der Waals surface area contributed by atoms with Crippen LogP contribution in [-0.2, 0) is 20.9 Å². The van der Waals surface area contributed by atoms with Crippen LogP contribution in [-0.4, -0.2) is 31.1 Å². The van der Waals surface area contributed by atoms with E-state index in [-0.39, 0.29) is 13.2 Å². The minimum Gasteiger partial charge on any atom is -0.494 e. The molecule has 0 saturated heterocycles. The second-order valence-corrected chi connectivity index (χ2v) is 5.42. The molecule has 0 aliphatic carbocycles. The molecule has 0 unspecified atom stereocenters. The lowest BCUT2D eigenvalue weighted by Crippen LogP contribution is -2.43. The highest BCUT2D eigenvalue weighted by atomic mass is 16.5. The van der Waals surface area contributed by atoms with Crippen LogP contribution in [0.5, 0.6) is 5.75 Å². The van der Waals surface area contributed by atoms with Gasteiger partial charge in [0.15, 0.2) is 0 Å². The van der Waals surface area contributed by atoms with Gasteiger partial charge in [-0.15, -0.1) is 0 Å². The fourth-order valence-electron chi connectivity index (χ4n) is 2.03. The van der Waals surface area contributed by atoms with Crippen LogP contribution < -0.4 is 15.8 Å². The summed E-state index contributed by atoms with van der Waals surface area (Å²) >= 11 is 0. The van der Waals surface area contributed by atoms with Crippen LogP contribution in [0.25, 0.3) is 0 Å². The van der Waals surface area contributed by atoms with Crippen molar-refractivity contribution >= 4 is 11.9 Å². The van der Waals surface area contributed by atoms with Gasteiger partial charge in [-0.3, -0.25) is 9.59 Å². The van der Waals surface area contributed by atoms with Crippen LogP contribution in [0.2, 0.25) is 0 Å². The second kappa shape index (κ2) is 10.1. The fraction of sp³-hybridized carbons (Fsp3) is 0.263. The highest BCUT2D eigenvalue weighted by Gasteiger charge is 2.15. The Hall–Kier alpha value is -2.86. The van der Waals surface area contributed by atoms with Gasteiger partial charge >= 0.3 is 5.97 Å². The number of hydrogen-bond donors (Lipinski definition) is 2. The number of nitrogens with two attached hydrogens (primary N) is 1. The van der Waals surface area contributed by atoms with Crippen molar-refractivity contribution in [2.75, 3.05) is 13.2 Å². The lowest BCUT2D eigenvalue weighted by Gasteiger charge is -2.13. The maximum absolute atomic E-state index is 11.9. The van der Waals surface area contributed by atoms with Crippen LogP contribution >= 0.6 is 0 Å². The third-order valence-electron chi connectivity index (χ3n) is 3.43. The van der Waals surface area contributed by atoms with Crippen molar-refractivity contribution in [3.8, 4) is 5.75 Å². The monoisotopic (exact) mass is 342 g/mol. The molecule has 1 atom stereocenters. The van der Waals surface area contributed by atoms with Gasteiger partial charge in [-0.25, -0.2) is 0 Å². The summed E-state index contributed by atoms with van der Waals surface area (Å²) < 4.78 is 10.6. The Morgan fingerprint density at radius 2 is 1.64 bits per heavy atom. The molecule has 0 aromatic heterocycles. The molecule has 0 aliphatic rings. The molecule has 3 N–H and O–H groups in total. The van der Waals surface area contributed by atoms with Crippen LogP contribution in [0, 0.1) is 0 Å². The van der Waals surface area contributed by atoms with Crippen molar-refractivity contribution in [1.82, 2.24) is 5.32 Å². The van der Waals surface area contributed by atoms with E-state index < -0.39 is 17.9 Å². The van der Waals surface area contributed by atoms with Gasteiger partial charge < -0.3 is 20.5 Å². The number of hydrogen-bond acceptors (Lipinski definition) is 5. The number of rotatable bonds is 9. The smallest absolute Gasteiger partial charge is 0.325 e. The molecule has 0 aliphatic heterocycles. The van der Waals surface area contributed by atoms with Crippen molar-refractivity contribution < 1.29 is 19.1 Å². The molecule has 6 nitrogen and oxygen atoms in total. The first-order valence-corrected chi connectivity index (χ1v) is 8.06. The summed E-state index contributed by atoms with van der Waals surface area (Å²) in [6.07, 6.45) is 0.347. The van der Waals surface area contributed by atoms with Crippen molar-refractivity contribution in [3.63, 3.8) is 0 Å². The van der Waals surface area contributed by atoms with E-state index in [0.717, 1.165) is 11.3 Å². The third-order valence-corrected chi connectivity index (χ3v) is 3.43. The van der Waals surface area contributed by atoms with Gasteiger partial charge in [0.2, 0.25) is 5.91 Å². The summed E-state index contributed by atoms with van der Waals surface area (Å²) in [4.78, 5) is 23.5. The van der Waals surface area contributed by atoms with Crippen molar-refractivity contribution in [1.29, 1.82) is 0 Å². The normalized spacial score (nSPS) is 11.4. The van der Waals surface area contributed by atoms with Crippen LogP contribution in [0.1, 0.15) is 12.0 Å². The molecule has 0 radical (unpaired) electrons. The summed E-state index contributed by atoms with van der Waals surface area (Å²) in [5, 5.41) is 2.47. The number of para-hydroxylation sites is 1. The van der Waals surface area contributed by atoms with Gasteiger partial charge in [-0.2, -0.15) is 0 Å². The Bertz CT molecular complexity index is 662. The van der Waals surface area contributed by atoms with Crippen LogP contribution in [0.4, 0.5) is 0 Å². The lowest BCUT2D eigenvalue weighted by molar-refractivity contribution is -0.145. The molecule has 1 amide bonds. The molecule has 2 aromatic carbocycles. The van der Waals surface area contributed by atoms with E-state index in [0.29, 0.717) is 13.0 Å². The van der Waals surface area contributed by atoms with Crippen molar-refractivity contribution in [2.45, 2.75) is 19.1 Å².